The summed E-state index contributed by atoms with van der Waals surface area (Å²) in [5, 5.41) is 4.25. The van der Waals surface area contributed by atoms with Gasteiger partial charge in [-0.25, -0.2) is 4.79 Å². The minimum atomic E-state index is -0.260. The molecular formula is C31H40N4O5. The molecule has 2 aliphatic heterocycles. The van der Waals surface area contributed by atoms with Crippen LogP contribution in [0.1, 0.15) is 38.2 Å². The smallest absolute Gasteiger partial charge is 0.410 e. The first kappa shape index (κ1) is 27.8. The van der Waals surface area contributed by atoms with Gasteiger partial charge in [-0.15, -0.1) is 0 Å². The van der Waals surface area contributed by atoms with Gasteiger partial charge in [-0.05, 0) is 55.2 Å². The number of fused-ring (bicyclic) bond motifs is 2. The van der Waals surface area contributed by atoms with E-state index in [-0.39, 0.29) is 17.7 Å². The van der Waals surface area contributed by atoms with Crippen molar-refractivity contribution in [3.63, 3.8) is 0 Å². The van der Waals surface area contributed by atoms with Crippen molar-refractivity contribution >= 4 is 22.7 Å². The number of unbranched alkanes of at least 4 members (excludes halogenated alkanes) is 1. The summed E-state index contributed by atoms with van der Waals surface area (Å²) in [6.07, 6.45) is 3.27. The summed E-state index contributed by atoms with van der Waals surface area (Å²) in [6, 6.07) is 15.5. The van der Waals surface area contributed by atoms with Crippen LogP contribution in [0.4, 0.5) is 10.5 Å². The normalized spacial score (nSPS) is 15.7. The maximum atomic E-state index is 13.2. The summed E-state index contributed by atoms with van der Waals surface area (Å²) in [4.78, 5) is 30.2. The molecule has 0 bridgehead atoms. The lowest BCUT2D eigenvalue weighted by molar-refractivity contribution is 0.0600. The second-order valence-corrected chi connectivity index (χ2v) is 10.5. The van der Waals surface area contributed by atoms with Crippen molar-refractivity contribution in [3.05, 3.63) is 64.4 Å². The van der Waals surface area contributed by atoms with Gasteiger partial charge in [-0.3, -0.25) is 4.79 Å². The van der Waals surface area contributed by atoms with E-state index in [2.05, 4.69) is 17.1 Å². The lowest BCUT2D eigenvalue weighted by Crippen LogP contribution is -2.48. The molecule has 5 rings (SSSR count). The highest BCUT2D eigenvalue weighted by atomic mass is 16.6. The van der Waals surface area contributed by atoms with Crippen LogP contribution >= 0.6 is 0 Å². The van der Waals surface area contributed by atoms with Crippen LogP contribution < -0.4 is 20.3 Å². The van der Waals surface area contributed by atoms with E-state index >= 15 is 0 Å². The lowest BCUT2D eigenvalue weighted by Gasteiger charge is -2.38. The number of anilines is 1. The minimum absolute atomic E-state index is 0.0102. The fourth-order valence-electron chi connectivity index (χ4n) is 5.58. The molecule has 40 heavy (non-hydrogen) atoms. The van der Waals surface area contributed by atoms with E-state index in [4.69, 9.17) is 14.2 Å². The number of amides is 1. The molecule has 0 saturated carbocycles. The van der Waals surface area contributed by atoms with Gasteiger partial charge in [0.1, 0.15) is 13.2 Å². The highest BCUT2D eigenvalue weighted by molar-refractivity contribution is 5.91. The van der Waals surface area contributed by atoms with Gasteiger partial charge in [0, 0.05) is 63.0 Å². The van der Waals surface area contributed by atoms with E-state index in [1.807, 2.05) is 59.0 Å². The Labute approximate surface area is 235 Å². The SMILES string of the molecule is CCCCOC(=O)N(Cc1ccc2c(c1)OCCO2)C1CCN(CCn2c(=O)ccc3c(NC)cccc32)CC1. The first-order valence-corrected chi connectivity index (χ1v) is 14.4. The Kier molecular flexibility index (Phi) is 9.11. The molecular weight excluding hydrogens is 508 g/mol. The summed E-state index contributed by atoms with van der Waals surface area (Å²) < 4.78 is 18.9. The standard InChI is InChI=1S/C31H40N4O5/c1-3-4-18-40-31(37)35(22-23-8-10-28-29(21-23)39-20-19-38-28)24-12-14-33(15-13-24)16-17-34-27-7-5-6-26(32-2)25(27)9-11-30(34)36/h5-11,21,24,32H,3-4,12-20,22H2,1-2H3. The van der Waals surface area contributed by atoms with Crippen molar-refractivity contribution in [2.45, 2.75) is 51.7 Å². The summed E-state index contributed by atoms with van der Waals surface area (Å²) in [6.45, 7) is 7.16. The Morgan fingerprint density at radius 1 is 1.05 bits per heavy atom. The van der Waals surface area contributed by atoms with E-state index in [1.165, 1.54) is 0 Å². The number of ether oxygens (including phenoxy) is 3. The Hall–Kier alpha value is -3.72. The summed E-state index contributed by atoms with van der Waals surface area (Å²) in [5.41, 5.74) is 2.96. The van der Waals surface area contributed by atoms with E-state index in [9.17, 15) is 9.59 Å². The molecule has 2 aromatic carbocycles. The van der Waals surface area contributed by atoms with Crippen molar-refractivity contribution in [3.8, 4) is 11.5 Å². The van der Waals surface area contributed by atoms with Crippen LogP contribution in [-0.2, 0) is 17.8 Å². The van der Waals surface area contributed by atoms with Gasteiger partial charge >= 0.3 is 6.09 Å². The number of nitrogens with one attached hydrogen (secondary N) is 1. The molecule has 214 valence electrons. The number of rotatable bonds is 10. The van der Waals surface area contributed by atoms with E-state index in [0.29, 0.717) is 32.9 Å². The molecule has 0 radical (unpaired) electrons. The monoisotopic (exact) mass is 548 g/mol. The molecule has 1 amide bonds. The van der Waals surface area contributed by atoms with Gasteiger partial charge in [-0.1, -0.05) is 25.5 Å². The molecule has 9 heteroatoms. The lowest BCUT2D eigenvalue weighted by atomic mass is 10.0. The number of pyridine rings is 1. The molecule has 0 aliphatic carbocycles. The number of nitrogens with zero attached hydrogens (tertiary/aromatic N) is 3. The van der Waals surface area contributed by atoms with Gasteiger partial charge in [0.15, 0.2) is 11.5 Å². The molecule has 0 spiro atoms. The van der Waals surface area contributed by atoms with Gasteiger partial charge < -0.3 is 33.9 Å². The van der Waals surface area contributed by atoms with E-state index < -0.39 is 0 Å². The predicted octanol–water partition coefficient (Wildman–Crippen LogP) is 4.72. The van der Waals surface area contributed by atoms with Crippen molar-refractivity contribution in [2.24, 2.45) is 0 Å². The third-order valence-electron chi connectivity index (χ3n) is 7.86. The number of carbonyl (C=O) groups excluding carboxylic acids is 1. The number of piperidine rings is 1. The van der Waals surface area contributed by atoms with Crippen LogP contribution in [-0.4, -0.2) is 73.0 Å². The van der Waals surface area contributed by atoms with Gasteiger partial charge in [-0.2, -0.15) is 0 Å². The van der Waals surface area contributed by atoms with Crippen LogP contribution in [0.25, 0.3) is 10.9 Å². The van der Waals surface area contributed by atoms with Crippen LogP contribution in [0, 0.1) is 0 Å². The van der Waals surface area contributed by atoms with E-state index in [1.54, 1.807) is 6.07 Å². The second kappa shape index (κ2) is 13.1. The molecule has 3 aromatic rings. The number of likely N-dealkylation sites (tertiary alicyclic amines) is 1. The Morgan fingerprint density at radius 2 is 1.85 bits per heavy atom. The van der Waals surface area contributed by atoms with E-state index in [0.717, 1.165) is 79.0 Å². The molecule has 2 aliphatic rings. The third-order valence-corrected chi connectivity index (χ3v) is 7.86. The largest absolute Gasteiger partial charge is 0.486 e. The molecule has 0 atom stereocenters. The van der Waals surface area contributed by atoms with Crippen LogP contribution in [0.2, 0.25) is 0 Å². The fourth-order valence-corrected chi connectivity index (χ4v) is 5.58. The van der Waals surface area contributed by atoms with Gasteiger partial charge in [0.25, 0.3) is 5.56 Å². The van der Waals surface area contributed by atoms with Crippen molar-refractivity contribution < 1.29 is 19.0 Å². The fraction of sp³-hybridized carbons (Fsp3) is 0.484. The zero-order chi connectivity index (χ0) is 27.9. The predicted molar refractivity (Wildman–Crippen MR) is 156 cm³/mol. The van der Waals surface area contributed by atoms with Crippen LogP contribution in [0.3, 0.4) is 0 Å². The first-order chi connectivity index (χ1) is 19.6. The maximum absolute atomic E-state index is 13.2. The zero-order valence-electron chi connectivity index (χ0n) is 23.6. The van der Waals surface area contributed by atoms with Crippen LogP contribution in [0.5, 0.6) is 11.5 Å². The highest BCUT2D eigenvalue weighted by Gasteiger charge is 2.29. The Balaban J connectivity index is 1.24. The first-order valence-electron chi connectivity index (χ1n) is 14.4. The maximum Gasteiger partial charge on any atom is 0.410 e. The number of hydrogen-bond donors (Lipinski definition) is 1. The number of carbonyl (C=O) groups is 1. The summed E-state index contributed by atoms with van der Waals surface area (Å²) in [7, 11) is 1.89. The molecule has 1 fully saturated rings. The third kappa shape index (κ3) is 6.36. The van der Waals surface area contributed by atoms with Crippen molar-refractivity contribution in [1.82, 2.24) is 14.4 Å². The van der Waals surface area contributed by atoms with Crippen molar-refractivity contribution in [1.29, 1.82) is 0 Å². The average molecular weight is 549 g/mol. The van der Waals surface area contributed by atoms with Gasteiger partial charge in [0.2, 0.25) is 0 Å². The zero-order valence-corrected chi connectivity index (χ0v) is 23.6. The summed E-state index contributed by atoms with van der Waals surface area (Å²) >= 11 is 0. The highest BCUT2D eigenvalue weighted by Crippen LogP contribution is 2.32. The Bertz CT molecular complexity index is 1370. The van der Waals surface area contributed by atoms with Crippen LogP contribution in [0.15, 0.2) is 53.3 Å². The Morgan fingerprint density at radius 3 is 2.62 bits per heavy atom. The molecule has 3 heterocycles. The van der Waals surface area contributed by atoms with Crippen molar-refractivity contribution in [2.75, 3.05) is 51.8 Å². The quantitative estimate of drug-likeness (QED) is 0.367. The molecule has 1 aromatic heterocycles. The summed E-state index contributed by atoms with van der Waals surface area (Å²) in [5.74, 6) is 1.47. The average Bonchev–Trinajstić information content (AvgIpc) is 2.99. The molecule has 1 N–H and O–H groups in total. The number of hydrogen-bond acceptors (Lipinski definition) is 7. The molecule has 1 saturated heterocycles. The second-order valence-electron chi connectivity index (χ2n) is 10.5. The minimum Gasteiger partial charge on any atom is -0.486 e. The topological polar surface area (TPSA) is 85.3 Å². The van der Waals surface area contributed by atoms with Gasteiger partial charge in [0.05, 0.1) is 12.1 Å². The molecule has 9 nitrogen and oxygen atoms in total. The number of aromatic nitrogens is 1. The molecule has 0 unspecified atom stereocenters. The number of benzene rings is 2.